The molecule has 0 amide bonds. The Kier molecular flexibility index (Phi) is 3.82. The number of rotatable bonds is 3. The zero-order chi connectivity index (χ0) is 11.6. The van der Waals surface area contributed by atoms with Gasteiger partial charge in [-0.1, -0.05) is 11.6 Å². The fraction of sp³-hybridized carbons (Fsp3) is 0.250. The van der Waals surface area contributed by atoms with Crippen LogP contribution in [0.3, 0.4) is 0 Å². The summed E-state index contributed by atoms with van der Waals surface area (Å²) in [6.07, 6.45) is -2.07. The number of ether oxygens (including phenoxy) is 1. The molecule has 0 N–H and O–H groups in total. The van der Waals surface area contributed by atoms with Crippen LogP contribution < -0.4 is 4.74 Å². The van der Waals surface area contributed by atoms with Crippen LogP contribution in [0.25, 0.3) is 0 Å². The number of carbonyl (C=O) groups is 1. The third-order valence-corrected chi connectivity index (χ3v) is 2.18. The Balaban J connectivity index is 3.44. The minimum Gasteiger partial charge on any atom is -0.480 e. The van der Waals surface area contributed by atoms with Gasteiger partial charge in [0.1, 0.15) is 5.02 Å². The Labute approximate surface area is 94.0 Å². The van der Waals surface area contributed by atoms with Gasteiger partial charge in [-0.2, -0.15) is 0 Å². The minimum atomic E-state index is -2.88. The van der Waals surface area contributed by atoms with E-state index in [-0.39, 0.29) is 10.9 Å². The van der Waals surface area contributed by atoms with Crippen molar-refractivity contribution in [2.24, 2.45) is 0 Å². The Hall–Kier alpha value is -0.940. The van der Waals surface area contributed by atoms with Crippen molar-refractivity contribution in [3.8, 4) is 5.88 Å². The van der Waals surface area contributed by atoms with E-state index in [0.29, 0.717) is 0 Å². The predicted molar refractivity (Wildman–Crippen MR) is 50.9 cm³/mol. The van der Waals surface area contributed by atoms with Crippen LogP contribution in [0, 0.1) is 0 Å². The number of methoxy groups -OCH3 is 1. The third-order valence-electron chi connectivity index (χ3n) is 1.64. The molecule has 0 saturated carbocycles. The zero-order valence-electron chi connectivity index (χ0n) is 7.43. The van der Waals surface area contributed by atoms with E-state index in [1.54, 1.807) is 0 Å². The number of aromatic nitrogens is 1. The van der Waals surface area contributed by atoms with Crippen LogP contribution in [0.15, 0.2) is 6.20 Å². The number of carbonyl (C=O) groups excluding carboxylic acids is 1. The molecule has 0 aromatic carbocycles. The zero-order valence-corrected chi connectivity index (χ0v) is 8.94. The van der Waals surface area contributed by atoms with Crippen molar-refractivity contribution in [3.63, 3.8) is 0 Å². The second kappa shape index (κ2) is 4.72. The van der Waals surface area contributed by atoms with Gasteiger partial charge in [-0.05, 0) is 11.6 Å². The molecule has 0 spiro atoms. The summed E-state index contributed by atoms with van der Waals surface area (Å²) < 4.78 is 29.6. The van der Waals surface area contributed by atoms with Gasteiger partial charge in [0.05, 0.1) is 12.7 Å². The molecular weight excluding hydrogens is 251 g/mol. The van der Waals surface area contributed by atoms with Crippen LogP contribution in [0.2, 0.25) is 5.02 Å². The maximum atomic E-state index is 12.5. The molecule has 0 saturated heterocycles. The molecule has 0 bridgehead atoms. The van der Waals surface area contributed by atoms with Crippen molar-refractivity contribution in [3.05, 3.63) is 22.3 Å². The van der Waals surface area contributed by atoms with Gasteiger partial charge in [-0.3, -0.25) is 4.79 Å². The average molecular weight is 256 g/mol. The van der Waals surface area contributed by atoms with Crippen LogP contribution in [0.5, 0.6) is 5.88 Å². The monoisotopic (exact) mass is 255 g/mol. The molecule has 0 unspecified atom stereocenters. The Morgan fingerprint density at radius 3 is 2.60 bits per heavy atom. The second-order valence-electron chi connectivity index (χ2n) is 2.49. The Morgan fingerprint density at radius 1 is 1.60 bits per heavy atom. The van der Waals surface area contributed by atoms with Crippen LogP contribution in [0.1, 0.15) is 22.3 Å². The first kappa shape index (κ1) is 12.1. The van der Waals surface area contributed by atoms with Crippen LogP contribution in [0.4, 0.5) is 8.78 Å². The first-order valence-electron chi connectivity index (χ1n) is 3.69. The summed E-state index contributed by atoms with van der Waals surface area (Å²) in [7, 11) is 1.25. The fourth-order valence-electron chi connectivity index (χ4n) is 0.991. The van der Waals surface area contributed by atoms with Crippen molar-refractivity contribution >= 4 is 28.4 Å². The number of pyridine rings is 1. The molecule has 82 valence electrons. The van der Waals surface area contributed by atoms with E-state index in [4.69, 9.17) is 23.2 Å². The molecule has 0 atom stereocenters. The summed E-state index contributed by atoms with van der Waals surface area (Å²) in [5.74, 6) is -0.120. The number of hydrogen-bond donors (Lipinski definition) is 0. The van der Waals surface area contributed by atoms with Crippen molar-refractivity contribution < 1.29 is 18.3 Å². The Morgan fingerprint density at radius 2 is 2.20 bits per heavy atom. The van der Waals surface area contributed by atoms with Crippen molar-refractivity contribution in [1.29, 1.82) is 0 Å². The number of halogens is 4. The molecule has 7 heteroatoms. The SMILES string of the molecule is COc1ncc(C(F)F)c(C(=O)Cl)c1Cl. The number of nitrogens with zero attached hydrogens (tertiary/aromatic N) is 1. The van der Waals surface area contributed by atoms with Crippen LogP contribution >= 0.6 is 23.2 Å². The van der Waals surface area contributed by atoms with Gasteiger partial charge < -0.3 is 4.74 Å². The van der Waals surface area contributed by atoms with Gasteiger partial charge in [0.2, 0.25) is 5.88 Å². The summed E-state index contributed by atoms with van der Waals surface area (Å²) in [5, 5.41) is -1.38. The fourth-order valence-corrected chi connectivity index (χ4v) is 1.56. The summed E-state index contributed by atoms with van der Waals surface area (Å²) in [4.78, 5) is 14.4. The lowest BCUT2D eigenvalue weighted by atomic mass is 10.1. The molecule has 0 aliphatic rings. The molecule has 1 aromatic rings. The van der Waals surface area contributed by atoms with Crippen molar-refractivity contribution in [2.75, 3.05) is 7.11 Å². The van der Waals surface area contributed by atoms with Crippen LogP contribution in [-0.2, 0) is 0 Å². The third kappa shape index (κ3) is 2.35. The van der Waals surface area contributed by atoms with E-state index in [9.17, 15) is 13.6 Å². The van der Waals surface area contributed by atoms with Crippen molar-refractivity contribution in [1.82, 2.24) is 4.98 Å². The molecule has 1 aromatic heterocycles. The molecule has 3 nitrogen and oxygen atoms in total. The highest BCUT2D eigenvalue weighted by molar-refractivity contribution is 6.69. The van der Waals surface area contributed by atoms with Crippen LogP contribution in [-0.4, -0.2) is 17.3 Å². The first-order valence-corrected chi connectivity index (χ1v) is 4.45. The standard InChI is InChI=1S/C8H5Cl2F2NO2/c1-15-8-5(9)4(6(10)14)3(2-13-8)7(11)12/h2,7H,1H3. The molecule has 0 aliphatic heterocycles. The van der Waals surface area contributed by atoms with Gasteiger partial charge in [0.25, 0.3) is 11.7 Å². The van der Waals surface area contributed by atoms with Gasteiger partial charge in [-0.15, -0.1) is 0 Å². The summed E-state index contributed by atoms with van der Waals surface area (Å²) in [6, 6.07) is 0. The van der Waals surface area contributed by atoms with E-state index in [1.165, 1.54) is 7.11 Å². The lowest BCUT2D eigenvalue weighted by Crippen LogP contribution is -2.03. The molecule has 0 fully saturated rings. The summed E-state index contributed by atoms with van der Waals surface area (Å²) in [5.41, 5.74) is -1.08. The van der Waals surface area contributed by atoms with E-state index < -0.39 is 22.8 Å². The quantitative estimate of drug-likeness (QED) is 0.780. The lowest BCUT2D eigenvalue weighted by molar-refractivity contribution is 0.106. The van der Waals surface area contributed by atoms with Crippen molar-refractivity contribution in [2.45, 2.75) is 6.43 Å². The minimum absolute atomic E-state index is 0.120. The van der Waals surface area contributed by atoms with E-state index in [0.717, 1.165) is 6.20 Å². The topological polar surface area (TPSA) is 39.2 Å². The highest BCUT2D eigenvalue weighted by Gasteiger charge is 2.23. The second-order valence-corrected chi connectivity index (χ2v) is 3.21. The smallest absolute Gasteiger partial charge is 0.266 e. The highest BCUT2D eigenvalue weighted by Crippen LogP contribution is 2.33. The largest absolute Gasteiger partial charge is 0.480 e. The van der Waals surface area contributed by atoms with Gasteiger partial charge in [0, 0.05) is 11.8 Å². The maximum Gasteiger partial charge on any atom is 0.266 e. The maximum absolute atomic E-state index is 12.5. The van der Waals surface area contributed by atoms with Gasteiger partial charge >= 0.3 is 0 Å². The molecule has 0 radical (unpaired) electrons. The van der Waals surface area contributed by atoms with E-state index >= 15 is 0 Å². The Bertz CT molecular complexity index is 398. The highest BCUT2D eigenvalue weighted by atomic mass is 35.5. The first-order chi connectivity index (χ1) is 6.99. The normalized spacial score (nSPS) is 10.5. The lowest BCUT2D eigenvalue weighted by Gasteiger charge is -2.09. The predicted octanol–water partition coefficient (Wildman–Crippen LogP) is 3.06. The van der Waals surface area contributed by atoms with E-state index in [1.807, 2.05) is 0 Å². The molecule has 15 heavy (non-hydrogen) atoms. The van der Waals surface area contributed by atoms with E-state index in [2.05, 4.69) is 9.72 Å². The summed E-state index contributed by atoms with van der Waals surface area (Å²) in [6.45, 7) is 0. The number of alkyl halides is 2. The average Bonchev–Trinajstić information content (AvgIpc) is 2.16. The van der Waals surface area contributed by atoms with Gasteiger partial charge in [-0.25, -0.2) is 13.8 Å². The van der Waals surface area contributed by atoms with Gasteiger partial charge in [0.15, 0.2) is 0 Å². The number of hydrogen-bond acceptors (Lipinski definition) is 3. The molecule has 0 aliphatic carbocycles. The molecule has 1 heterocycles. The molecular formula is C8H5Cl2F2NO2. The molecule has 1 rings (SSSR count). The summed E-state index contributed by atoms with van der Waals surface area (Å²) >= 11 is 10.8.